The van der Waals surface area contributed by atoms with Gasteiger partial charge in [0.2, 0.25) is 0 Å². The number of allylic oxidation sites excluding steroid dienone is 2. The second-order valence-electron chi connectivity index (χ2n) is 12.9. The molecule has 2 aliphatic carbocycles. The smallest absolute Gasteiger partial charge is 1.00 e. The Balaban J connectivity index is 0.00000184. The second kappa shape index (κ2) is 13.0. The van der Waals surface area contributed by atoms with E-state index in [1.54, 1.807) is 22.3 Å². The maximum atomic E-state index is 2.65. The molecule has 0 bridgehead atoms. The first-order valence-electron chi connectivity index (χ1n) is 15.8. The van der Waals surface area contributed by atoms with Gasteiger partial charge >= 0.3 is 253 Å². The molecule has 220 valence electrons. The Morgan fingerprint density at radius 1 is 0.558 bits per heavy atom. The van der Waals surface area contributed by atoms with Gasteiger partial charge in [0.05, 0.1) is 0 Å². The first-order chi connectivity index (χ1) is 20.0. The van der Waals surface area contributed by atoms with E-state index < -0.39 is 20.3 Å². The third-order valence-corrected chi connectivity index (χ3v) is 23.2. The predicted octanol–water partition coefficient (Wildman–Crippen LogP) is 5.83. The number of halogens is 2. The summed E-state index contributed by atoms with van der Waals surface area (Å²) in [5.41, 5.74) is 18.1. The molecule has 0 radical (unpaired) electrons. The number of hydrogen-bond acceptors (Lipinski definition) is 0. The first kappa shape index (κ1) is 32.2. The van der Waals surface area contributed by atoms with E-state index in [0.717, 1.165) is 0 Å². The fraction of sp³-hybridized carbons (Fsp3) is 0.300. The van der Waals surface area contributed by atoms with Crippen molar-refractivity contribution in [1.29, 1.82) is 0 Å². The van der Waals surface area contributed by atoms with Crippen molar-refractivity contribution in [1.82, 2.24) is 0 Å². The fourth-order valence-electron chi connectivity index (χ4n) is 8.15. The van der Waals surface area contributed by atoms with Gasteiger partial charge in [0.1, 0.15) is 0 Å². The van der Waals surface area contributed by atoms with Crippen LogP contribution >= 0.6 is 0 Å². The van der Waals surface area contributed by atoms with E-state index >= 15 is 0 Å². The predicted molar refractivity (Wildman–Crippen MR) is 174 cm³/mol. The Morgan fingerprint density at radius 3 is 1.30 bits per heavy atom. The molecule has 1 heterocycles. The van der Waals surface area contributed by atoms with Crippen molar-refractivity contribution in [3.05, 3.63) is 129 Å². The van der Waals surface area contributed by atoms with E-state index in [1.807, 2.05) is 0 Å². The summed E-state index contributed by atoms with van der Waals surface area (Å²) in [6, 6.07) is 32.8. The van der Waals surface area contributed by atoms with Crippen LogP contribution in [0.1, 0.15) is 80.2 Å². The number of rotatable bonds is 8. The zero-order valence-electron chi connectivity index (χ0n) is 25.9. The van der Waals surface area contributed by atoms with Crippen LogP contribution in [-0.2, 0) is 20.3 Å². The van der Waals surface area contributed by atoms with Crippen molar-refractivity contribution in [2.75, 3.05) is 0 Å². The molecular formula is C40H42Cl2Zr. The molecule has 0 nitrogen and oxygen atoms in total. The van der Waals surface area contributed by atoms with Crippen LogP contribution in [0.5, 0.6) is 0 Å². The second-order valence-corrected chi connectivity index (χ2v) is 24.2. The summed E-state index contributed by atoms with van der Waals surface area (Å²) in [6.07, 6.45) is 10.2. The monoisotopic (exact) mass is 682 g/mol. The molecule has 3 aliphatic rings. The molecule has 0 aromatic heterocycles. The molecule has 0 N–H and O–H groups in total. The minimum absolute atomic E-state index is 0. The Bertz CT molecular complexity index is 1550. The standard InChI is InChI=1S/2C19H19.C2H4.2ClH.Zr/c2*1-3-5-15-12-17-6-4-7-18(19(17)13-15)16-10-8-14(2)9-11-16;1-2;;;/h2*4,6-13H,3,5H2,1-2H3;1-2H2;2*1H;/q;;;;;+2/p-2. The van der Waals surface area contributed by atoms with Crippen molar-refractivity contribution >= 4 is 12.2 Å². The van der Waals surface area contributed by atoms with E-state index in [9.17, 15) is 0 Å². The number of hydrogen-bond donors (Lipinski definition) is 0. The van der Waals surface area contributed by atoms with E-state index in [1.165, 1.54) is 78.4 Å². The van der Waals surface area contributed by atoms with Crippen LogP contribution in [0, 0.1) is 13.8 Å². The van der Waals surface area contributed by atoms with Gasteiger partial charge in [-0.15, -0.1) is 0 Å². The maximum Gasteiger partial charge on any atom is -1.00 e. The molecule has 0 saturated carbocycles. The molecule has 1 aliphatic heterocycles. The molecule has 7 rings (SSSR count). The molecule has 0 amide bonds. The van der Waals surface area contributed by atoms with Crippen molar-refractivity contribution in [3.63, 3.8) is 0 Å². The number of benzene rings is 4. The van der Waals surface area contributed by atoms with Gasteiger partial charge in [0.15, 0.2) is 0 Å². The van der Waals surface area contributed by atoms with Crippen molar-refractivity contribution in [3.8, 4) is 22.3 Å². The zero-order valence-corrected chi connectivity index (χ0v) is 29.9. The summed E-state index contributed by atoms with van der Waals surface area (Å²) < 4.78 is 4.47. The van der Waals surface area contributed by atoms with Gasteiger partial charge in [-0.1, -0.05) is 0 Å². The summed E-state index contributed by atoms with van der Waals surface area (Å²) >= 11 is -2.70. The molecular weight excluding hydrogens is 643 g/mol. The SMILES string of the molecule is CCCC1=Cc2c(-c3ccc(C)cc3)cccc2[CH]1[Zr+2]1([CH]2C(CCC)=Cc3c(-c4ccc(C)cc4)cccc32)[CH2][CH2]1.[Cl-].[Cl-]. The minimum Gasteiger partial charge on any atom is -1.00 e. The Kier molecular flexibility index (Phi) is 9.78. The van der Waals surface area contributed by atoms with Gasteiger partial charge in [-0.05, 0) is 0 Å². The molecule has 0 spiro atoms. The van der Waals surface area contributed by atoms with Gasteiger partial charge < -0.3 is 24.8 Å². The van der Waals surface area contributed by atoms with Gasteiger partial charge in [-0.25, -0.2) is 0 Å². The Hall–Kier alpha value is -2.18. The van der Waals surface area contributed by atoms with Crippen LogP contribution in [-0.4, -0.2) is 0 Å². The first-order valence-corrected chi connectivity index (χ1v) is 22.2. The van der Waals surface area contributed by atoms with E-state index in [4.69, 9.17) is 0 Å². The van der Waals surface area contributed by atoms with E-state index in [0.29, 0.717) is 7.25 Å². The molecule has 2 unspecified atom stereocenters. The Labute approximate surface area is 275 Å². The van der Waals surface area contributed by atoms with Crippen LogP contribution in [0.4, 0.5) is 0 Å². The largest absolute Gasteiger partial charge is 1.00 e. The quantitative estimate of drug-likeness (QED) is 0.220. The molecule has 1 saturated heterocycles. The van der Waals surface area contributed by atoms with Crippen LogP contribution in [0.25, 0.3) is 34.4 Å². The summed E-state index contributed by atoms with van der Waals surface area (Å²) in [5, 5.41) is 0. The van der Waals surface area contributed by atoms with Crippen LogP contribution in [0.15, 0.2) is 96.1 Å². The summed E-state index contributed by atoms with van der Waals surface area (Å²) in [7, 11) is 0. The zero-order chi connectivity index (χ0) is 28.1. The molecule has 4 aromatic rings. The van der Waals surface area contributed by atoms with Gasteiger partial charge in [0.25, 0.3) is 0 Å². The summed E-state index contributed by atoms with van der Waals surface area (Å²) in [6.45, 7) is 9.12. The third kappa shape index (κ3) is 5.60. The van der Waals surface area contributed by atoms with Crippen LogP contribution in [0.3, 0.4) is 0 Å². The minimum atomic E-state index is -2.70. The van der Waals surface area contributed by atoms with Gasteiger partial charge in [-0.2, -0.15) is 0 Å². The van der Waals surface area contributed by atoms with Crippen LogP contribution in [0.2, 0.25) is 8.26 Å². The molecule has 3 heteroatoms. The topological polar surface area (TPSA) is 0 Å². The van der Waals surface area contributed by atoms with Gasteiger partial charge in [-0.3, -0.25) is 0 Å². The number of aryl methyl sites for hydroxylation is 2. The average molecular weight is 685 g/mol. The van der Waals surface area contributed by atoms with Crippen molar-refractivity contribution in [2.24, 2.45) is 0 Å². The van der Waals surface area contributed by atoms with Crippen molar-refractivity contribution in [2.45, 2.75) is 68.9 Å². The van der Waals surface area contributed by atoms with E-state index in [-0.39, 0.29) is 24.8 Å². The number of fused-ring (bicyclic) bond motifs is 2. The molecule has 43 heavy (non-hydrogen) atoms. The molecule has 2 atom stereocenters. The third-order valence-electron chi connectivity index (χ3n) is 10.1. The average Bonchev–Trinajstić information content (AvgIpc) is 3.53. The maximum absolute atomic E-state index is 2.70. The van der Waals surface area contributed by atoms with Crippen LogP contribution < -0.4 is 24.8 Å². The Morgan fingerprint density at radius 2 is 0.953 bits per heavy atom. The molecule has 4 aromatic carbocycles. The summed E-state index contributed by atoms with van der Waals surface area (Å²) in [5.74, 6) is 0. The normalized spacial score (nSPS) is 18.2. The van der Waals surface area contributed by atoms with E-state index in [2.05, 4.69) is 125 Å². The summed E-state index contributed by atoms with van der Waals surface area (Å²) in [4.78, 5) is 0. The van der Waals surface area contributed by atoms with Crippen molar-refractivity contribution < 1.29 is 45.1 Å². The van der Waals surface area contributed by atoms with Gasteiger partial charge in [0, 0.05) is 0 Å². The fourth-order valence-corrected chi connectivity index (χ4v) is 25.8. The molecule has 1 fully saturated rings.